The largest absolute Gasteiger partial charge is 0.382 e. The second kappa shape index (κ2) is 6.71. The lowest BCUT2D eigenvalue weighted by Crippen LogP contribution is -2.43. The van der Waals surface area contributed by atoms with Crippen LogP contribution >= 0.6 is 0 Å². The van der Waals surface area contributed by atoms with Gasteiger partial charge in [-0.1, -0.05) is 24.3 Å². The summed E-state index contributed by atoms with van der Waals surface area (Å²) in [6.45, 7) is 1.89. The maximum absolute atomic E-state index is 14.5. The lowest BCUT2D eigenvalue weighted by Gasteiger charge is -2.44. The number of nitrogens with two attached hydrogens (primary N) is 1. The van der Waals surface area contributed by atoms with Crippen molar-refractivity contribution in [3.8, 4) is 11.1 Å². The average molecular weight is 409 g/mol. The van der Waals surface area contributed by atoms with E-state index in [1.165, 1.54) is 6.07 Å². The van der Waals surface area contributed by atoms with Gasteiger partial charge in [-0.25, -0.2) is 13.8 Å². The van der Waals surface area contributed by atoms with Crippen molar-refractivity contribution in [2.45, 2.75) is 50.8 Å². The first kappa shape index (κ1) is 19.4. The predicted octanol–water partition coefficient (Wildman–Crippen LogP) is 4.75. The first-order valence-corrected chi connectivity index (χ1v) is 10.4. The second-order valence-electron chi connectivity index (χ2n) is 8.73. The maximum atomic E-state index is 14.5. The van der Waals surface area contributed by atoms with Crippen LogP contribution in [0.2, 0.25) is 0 Å². The number of hydrogen-bond donors (Lipinski definition) is 1. The fraction of sp³-hybridized carbons (Fsp3) is 0.417. The molecule has 30 heavy (non-hydrogen) atoms. The summed E-state index contributed by atoms with van der Waals surface area (Å²) in [6, 6.07) is 10.1. The number of halogens is 2. The van der Waals surface area contributed by atoms with Crippen molar-refractivity contribution in [3.05, 3.63) is 59.2 Å². The molecule has 5 rings (SSSR count). The number of amidine groups is 1. The Labute approximate surface area is 174 Å². The van der Waals surface area contributed by atoms with Crippen LogP contribution < -0.4 is 5.73 Å². The molecule has 3 aliphatic rings. The molecule has 4 nitrogen and oxygen atoms in total. The Morgan fingerprint density at radius 2 is 1.87 bits per heavy atom. The van der Waals surface area contributed by atoms with E-state index in [1.807, 2.05) is 25.1 Å². The number of methoxy groups -OCH3 is 1. The molecule has 1 fully saturated rings. The first-order valence-electron chi connectivity index (χ1n) is 10.4. The molecule has 1 heterocycles. The number of fused-ring (bicyclic) bond motifs is 3. The topological polar surface area (TPSA) is 60.0 Å². The molecule has 1 aliphatic heterocycles. The minimum absolute atomic E-state index is 0.175. The molecule has 156 valence electrons. The molecular formula is C24H25F2N3O. The number of aliphatic imine (C=N–C) groups is 2. The van der Waals surface area contributed by atoms with Crippen LogP contribution in [0.25, 0.3) is 11.1 Å². The summed E-state index contributed by atoms with van der Waals surface area (Å²) in [5, 5.41) is 0. The molecule has 0 saturated heterocycles. The molecule has 2 aliphatic carbocycles. The van der Waals surface area contributed by atoms with Crippen LogP contribution in [0.4, 0.5) is 8.78 Å². The Morgan fingerprint density at radius 3 is 2.53 bits per heavy atom. The third-order valence-corrected chi connectivity index (χ3v) is 7.22. The summed E-state index contributed by atoms with van der Waals surface area (Å²) in [5.74, 6) is -1.23. The zero-order chi connectivity index (χ0) is 21.1. The van der Waals surface area contributed by atoms with E-state index in [-0.39, 0.29) is 17.1 Å². The summed E-state index contributed by atoms with van der Waals surface area (Å²) in [4.78, 5) is 9.95. The monoisotopic (exact) mass is 409 g/mol. The molecule has 2 spiro atoms. The van der Waals surface area contributed by atoms with Crippen LogP contribution in [0.1, 0.15) is 43.7 Å². The van der Waals surface area contributed by atoms with Crippen molar-refractivity contribution < 1.29 is 13.5 Å². The van der Waals surface area contributed by atoms with Gasteiger partial charge in [0.05, 0.1) is 11.8 Å². The van der Waals surface area contributed by atoms with Crippen molar-refractivity contribution in [2.24, 2.45) is 21.1 Å². The van der Waals surface area contributed by atoms with E-state index in [2.05, 4.69) is 0 Å². The third kappa shape index (κ3) is 2.59. The highest BCUT2D eigenvalue weighted by molar-refractivity contribution is 6.41. The van der Waals surface area contributed by atoms with Gasteiger partial charge in [-0.15, -0.1) is 0 Å². The number of benzene rings is 2. The summed E-state index contributed by atoms with van der Waals surface area (Å²) in [5.41, 5.74) is 8.96. The zero-order valence-electron chi connectivity index (χ0n) is 17.2. The van der Waals surface area contributed by atoms with Gasteiger partial charge in [-0.3, -0.25) is 4.99 Å². The molecular weight excluding hydrogens is 384 g/mol. The first-order chi connectivity index (χ1) is 14.4. The average Bonchev–Trinajstić information content (AvgIpc) is 3.18. The Kier molecular flexibility index (Phi) is 4.33. The highest BCUT2D eigenvalue weighted by Crippen LogP contribution is 2.62. The van der Waals surface area contributed by atoms with Crippen LogP contribution in [0, 0.1) is 17.0 Å². The van der Waals surface area contributed by atoms with Gasteiger partial charge in [0.15, 0.2) is 17.3 Å². The molecule has 0 bridgehead atoms. The lowest BCUT2D eigenvalue weighted by molar-refractivity contribution is -0.000372. The summed E-state index contributed by atoms with van der Waals surface area (Å²) in [7, 11) is 1.76. The Morgan fingerprint density at radius 1 is 1.10 bits per heavy atom. The van der Waals surface area contributed by atoms with Crippen LogP contribution in [-0.4, -0.2) is 24.8 Å². The number of rotatable bonds is 2. The van der Waals surface area contributed by atoms with Gasteiger partial charge >= 0.3 is 0 Å². The van der Waals surface area contributed by atoms with Crippen molar-refractivity contribution in [2.75, 3.05) is 7.11 Å². The van der Waals surface area contributed by atoms with Gasteiger partial charge in [0.25, 0.3) is 0 Å². The highest BCUT2D eigenvalue weighted by Gasteiger charge is 2.60. The summed E-state index contributed by atoms with van der Waals surface area (Å²) < 4.78 is 33.9. The van der Waals surface area contributed by atoms with Crippen molar-refractivity contribution in [1.29, 1.82) is 0 Å². The minimum atomic E-state index is -0.853. The molecule has 0 amide bonds. The fourth-order valence-electron chi connectivity index (χ4n) is 5.57. The van der Waals surface area contributed by atoms with E-state index in [9.17, 15) is 8.78 Å². The molecule has 0 aromatic heterocycles. The van der Waals surface area contributed by atoms with Gasteiger partial charge in [0, 0.05) is 23.7 Å². The quantitative estimate of drug-likeness (QED) is 0.778. The predicted molar refractivity (Wildman–Crippen MR) is 114 cm³/mol. The van der Waals surface area contributed by atoms with Crippen molar-refractivity contribution >= 4 is 11.5 Å². The Hall–Kier alpha value is -2.60. The number of hydrogen-bond acceptors (Lipinski definition) is 4. The molecule has 2 aromatic carbocycles. The van der Waals surface area contributed by atoms with E-state index in [1.54, 1.807) is 13.2 Å². The molecule has 2 aromatic rings. The van der Waals surface area contributed by atoms with Crippen LogP contribution in [0.5, 0.6) is 0 Å². The number of nitrogens with zero attached hydrogens (tertiary/aromatic N) is 2. The second-order valence-corrected chi connectivity index (χ2v) is 8.73. The van der Waals surface area contributed by atoms with Crippen molar-refractivity contribution in [1.82, 2.24) is 0 Å². The van der Waals surface area contributed by atoms with E-state index >= 15 is 0 Å². The fourth-order valence-corrected chi connectivity index (χ4v) is 5.57. The van der Waals surface area contributed by atoms with Gasteiger partial charge in [0.2, 0.25) is 0 Å². The van der Waals surface area contributed by atoms with Crippen LogP contribution in [0.15, 0.2) is 46.4 Å². The van der Waals surface area contributed by atoms with E-state index in [0.717, 1.165) is 55.0 Å². The lowest BCUT2D eigenvalue weighted by atomic mass is 9.65. The van der Waals surface area contributed by atoms with E-state index in [4.69, 9.17) is 20.5 Å². The smallest absolute Gasteiger partial charge is 0.184 e. The van der Waals surface area contributed by atoms with E-state index < -0.39 is 17.3 Å². The molecule has 1 atom stereocenters. The highest BCUT2D eigenvalue weighted by atomic mass is 19.2. The van der Waals surface area contributed by atoms with Gasteiger partial charge in [-0.05, 0) is 62.3 Å². The Balaban J connectivity index is 1.67. The Bertz CT molecular complexity index is 1070. The molecule has 1 unspecified atom stereocenters. The van der Waals surface area contributed by atoms with Gasteiger partial charge < -0.3 is 10.5 Å². The number of ether oxygens (including phenoxy) is 1. The van der Waals surface area contributed by atoms with Gasteiger partial charge in [-0.2, -0.15) is 0 Å². The van der Waals surface area contributed by atoms with Crippen molar-refractivity contribution in [3.63, 3.8) is 0 Å². The standard InChI is InChI=1S/C24H25F2N3O/c1-14-22(27)29-24(28-14)19-12-15(18-4-3-5-20(25)21(18)26)6-7-16(19)13-23(24)10-8-17(30-2)9-11-23/h3-7,12,17H,8-11,13H2,1-2H3,(H2,27,29). The van der Waals surface area contributed by atoms with E-state index in [0.29, 0.717) is 11.4 Å². The van der Waals surface area contributed by atoms with Crippen LogP contribution in [0.3, 0.4) is 0 Å². The van der Waals surface area contributed by atoms with Gasteiger partial charge in [0.1, 0.15) is 5.84 Å². The minimum Gasteiger partial charge on any atom is -0.382 e. The van der Waals surface area contributed by atoms with Crippen LogP contribution in [-0.2, 0) is 16.8 Å². The maximum Gasteiger partial charge on any atom is 0.184 e. The SMILES string of the molecule is COC1CCC2(CC1)Cc1ccc(-c3cccc(F)c3F)cc1C21N=C(C)C(N)=N1. The molecule has 1 saturated carbocycles. The molecule has 0 radical (unpaired) electrons. The molecule has 2 N–H and O–H groups in total. The summed E-state index contributed by atoms with van der Waals surface area (Å²) >= 11 is 0. The zero-order valence-corrected chi connectivity index (χ0v) is 17.2. The molecule has 6 heteroatoms. The normalized spacial score (nSPS) is 29.9. The summed E-state index contributed by atoms with van der Waals surface area (Å²) in [6.07, 6.45) is 4.84. The third-order valence-electron chi connectivity index (χ3n) is 7.22.